The van der Waals surface area contributed by atoms with Crippen LogP contribution in [0.2, 0.25) is 5.02 Å². The molecule has 6 nitrogen and oxygen atoms in total. The average molecular weight is 356 g/mol. The SMILES string of the molecule is O=C1CCC(N2Cc3cc(-c4ncccc4Cl)ccc3C2=O)C(=O)N1. The molecular weight excluding hydrogens is 342 g/mol. The van der Waals surface area contributed by atoms with Crippen LogP contribution in [0.15, 0.2) is 36.5 Å². The summed E-state index contributed by atoms with van der Waals surface area (Å²) in [5.41, 5.74) is 2.87. The number of hydrogen-bond donors (Lipinski definition) is 1. The molecule has 25 heavy (non-hydrogen) atoms. The number of amides is 3. The lowest BCUT2D eigenvalue weighted by Gasteiger charge is -2.29. The van der Waals surface area contributed by atoms with E-state index in [4.69, 9.17) is 11.6 Å². The van der Waals surface area contributed by atoms with Gasteiger partial charge in [-0.25, -0.2) is 0 Å². The Kier molecular flexibility index (Phi) is 3.77. The Hall–Kier alpha value is -2.73. The third-order valence-corrected chi connectivity index (χ3v) is 4.86. The van der Waals surface area contributed by atoms with E-state index >= 15 is 0 Å². The summed E-state index contributed by atoms with van der Waals surface area (Å²) >= 11 is 6.20. The van der Waals surface area contributed by atoms with Crippen LogP contribution < -0.4 is 5.32 Å². The lowest BCUT2D eigenvalue weighted by molar-refractivity contribution is -0.136. The van der Waals surface area contributed by atoms with Crippen molar-refractivity contribution >= 4 is 29.3 Å². The first-order chi connectivity index (χ1) is 12.0. The Balaban J connectivity index is 1.65. The molecule has 2 aromatic rings. The third-order valence-electron chi connectivity index (χ3n) is 4.56. The van der Waals surface area contributed by atoms with E-state index in [0.29, 0.717) is 29.2 Å². The zero-order valence-corrected chi connectivity index (χ0v) is 13.9. The number of piperidine rings is 1. The fourth-order valence-electron chi connectivity index (χ4n) is 3.32. The maximum atomic E-state index is 12.7. The Morgan fingerprint density at radius 1 is 1.20 bits per heavy atom. The number of carbonyl (C=O) groups is 3. The standard InChI is InChI=1S/C18H14ClN3O3/c19-13-2-1-7-20-16(13)10-3-4-12-11(8-10)9-22(18(12)25)14-5-6-15(23)21-17(14)24/h1-4,7-8,14H,5-6,9H2,(H,21,23,24). The van der Waals surface area contributed by atoms with E-state index in [1.54, 1.807) is 30.5 Å². The van der Waals surface area contributed by atoms with Crippen molar-refractivity contribution in [2.45, 2.75) is 25.4 Å². The zero-order valence-electron chi connectivity index (χ0n) is 13.2. The van der Waals surface area contributed by atoms with Crippen LogP contribution in [0.4, 0.5) is 0 Å². The number of hydrogen-bond acceptors (Lipinski definition) is 4. The molecule has 1 fully saturated rings. The van der Waals surface area contributed by atoms with Crippen LogP contribution >= 0.6 is 11.6 Å². The number of nitrogens with zero attached hydrogens (tertiary/aromatic N) is 2. The maximum Gasteiger partial charge on any atom is 0.255 e. The summed E-state index contributed by atoms with van der Waals surface area (Å²) in [6.45, 7) is 0.332. The summed E-state index contributed by atoms with van der Waals surface area (Å²) in [5.74, 6) is -0.897. The second-order valence-electron chi connectivity index (χ2n) is 6.11. The van der Waals surface area contributed by atoms with Crippen LogP contribution in [0, 0.1) is 0 Å². The molecule has 2 aliphatic rings. The summed E-state index contributed by atoms with van der Waals surface area (Å²) in [4.78, 5) is 41.9. The smallest absolute Gasteiger partial charge is 0.255 e. The minimum absolute atomic E-state index is 0.192. The van der Waals surface area contributed by atoms with E-state index in [-0.39, 0.29) is 18.2 Å². The van der Waals surface area contributed by atoms with Gasteiger partial charge in [0.15, 0.2) is 0 Å². The van der Waals surface area contributed by atoms with Gasteiger partial charge in [-0.2, -0.15) is 0 Å². The first-order valence-corrected chi connectivity index (χ1v) is 8.31. The summed E-state index contributed by atoms with van der Waals surface area (Å²) in [6.07, 6.45) is 2.25. The minimum atomic E-state index is -0.612. The zero-order chi connectivity index (χ0) is 17.6. The van der Waals surface area contributed by atoms with Crippen LogP contribution in [0.3, 0.4) is 0 Å². The van der Waals surface area contributed by atoms with Crippen LogP contribution in [0.5, 0.6) is 0 Å². The van der Waals surface area contributed by atoms with Crippen LogP contribution in [0.25, 0.3) is 11.3 Å². The molecule has 0 radical (unpaired) electrons. The third kappa shape index (κ3) is 2.68. The summed E-state index contributed by atoms with van der Waals surface area (Å²) in [5, 5.41) is 2.83. The normalized spacial score (nSPS) is 19.8. The highest BCUT2D eigenvalue weighted by Gasteiger charge is 2.39. The van der Waals surface area contributed by atoms with Crippen LogP contribution in [0.1, 0.15) is 28.8 Å². The van der Waals surface area contributed by atoms with Gasteiger partial charge in [0.25, 0.3) is 5.91 Å². The largest absolute Gasteiger partial charge is 0.322 e. The molecule has 0 bridgehead atoms. The van der Waals surface area contributed by atoms with E-state index in [0.717, 1.165) is 11.1 Å². The molecule has 2 aliphatic heterocycles. The molecule has 1 aromatic heterocycles. The first-order valence-electron chi connectivity index (χ1n) is 7.93. The number of benzene rings is 1. The highest BCUT2D eigenvalue weighted by atomic mass is 35.5. The predicted molar refractivity (Wildman–Crippen MR) is 90.7 cm³/mol. The number of carbonyl (C=O) groups excluding carboxylic acids is 3. The topological polar surface area (TPSA) is 79.4 Å². The molecule has 3 amide bonds. The molecule has 7 heteroatoms. The van der Waals surface area contributed by atoms with E-state index in [1.807, 2.05) is 6.07 Å². The van der Waals surface area contributed by atoms with Crippen molar-refractivity contribution in [3.05, 3.63) is 52.7 Å². The van der Waals surface area contributed by atoms with Gasteiger partial charge in [0, 0.05) is 30.3 Å². The van der Waals surface area contributed by atoms with Gasteiger partial charge in [-0.05, 0) is 36.2 Å². The number of halogens is 1. The van der Waals surface area contributed by atoms with Gasteiger partial charge in [0.1, 0.15) is 6.04 Å². The molecule has 1 aromatic carbocycles. The van der Waals surface area contributed by atoms with Gasteiger partial charge in [-0.1, -0.05) is 17.7 Å². The highest BCUT2D eigenvalue weighted by Crippen LogP contribution is 2.32. The summed E-state index contributed by atoms with van der Waals surface area (Å²) < 4.78 is 0. The Morgan fingerprint density at radius 2 is 2.04 bits per heavy atom. The predicted octanol–water partition coefficient (Wildman–Crippen LogP) is 2.16. The molecule has 1 atom stereocenters. The van der Waals surface area contributed by atoms with Gasteiger partial charge in [0.2, 0.25) is 11.8 Å². The molecule has 1 N–H and O–H groups in total. The van der Waals surface area contributed by atoms with Crippen molar-refractivity contribution in [3.63, 3.8) is 0 Å². The van der Waals surface area contributed by atoms with E-state index in [9.17, 15) is 14.4 Å². The Morgan fingerprint density at radius 3 is 2.80 bits per heavy atom. The van der Waals surface area contributed by atoms with E-state index in [1.165, 1.54) is 4.90 Å². The van der Waals surface area contributed by atoms with Crippen molar-refractivity contribution in [2.75, 3.05) is 0 Å². The fraction of sp³-hybridized carbons (Fsp3) is 0.222. The molecule has 4 rings (SSSR count). The number of nitrogens with one attached hydrogen (secondary N) is 1. The minimum Gasteiger partial charge on any atom is -0.322 e. The van der Waals surface area contributed by atoms with Gasteiger partial charge in [-0.3, -0.25) is 24.7 Å². The second kappa shape index (κ2) is 5.97. The molecule has 1 unspecified atom stereocenters. The molecule has 126 valence electrons. The molecule has 0 spiro atoms. The van der Waals surface area contributed by atoms with Gasteiger partial charge >= 0.3 is 0 Å². The lowest BCUT2D eigenvalue weighted by atomic mass is 10.0. The number of rotatable bonds is 2. The van der Waals surface area contributed by atoms with Gasteiger partial charge in [-0.15, -0.1) is 0 Å². The highest BCUT2D eigenvalue weighted by molar-refractivity contribution is 6.33. The molecule has 0 saturated carbocycles. The van der Waals surface area contributed by atoms with Crippen molar-refractivity contribution in [1.82, 2.24) is 15.2 Å². The van der Waals surface area contributed by atoms with E-state index in [2.05, 4.69) is 10.3 Å². The van der Waals surface area contributed by atoms with Crippen molar-refractivity contribution < 1.29 is 14.4 Å². The van der Waals surface area contributed by atoms with Crippen LogP contribution in [-0.4, -0.2) is 33.6 Å². The fourth-order valence-corrected chi connectivity index (χ4v) is 3.55. The van der Waals surface area contributed by atoms with Crippen molar-refractivity contribution in [1.29, 1.82) is 0 Å². The Labute approximate surface area is 148 Å². The first kappa shape index (κ1) is 15.8. The summed E-state index contributed by atoms with van der Waals surface area (Å²) in [6, 6.07) is 8.33. The van der Waals surface area contributed by atoms with Crippen molar-refractivity contribution in [3.8, 4) is 11.3 Å². The molecular formula is C18H14ClN3O3. The second-order valence-corrected chi connectivity index (χ2v) is 6.51. The van der Waals surface area contributed by atoms with Crippen LogP contribution in [-0.2, 0) is 16.1 Å². The average Bonchev–Trinajstić information content (AvgIpc) is 2.91. The molecule has 3 heterocycles. The number of imide groups is 1. The van der Waals surface area contributed by atoms with Gasteiger partial charge < -0.3 is 4.90 Å². The quantitative estimate of drug-likeness (QED) is 0.837. The lowest BCUT2D eigenvalue weighted by Crippen LogP contribution is -2.52. The Bertz CT molecular complexity index is 912. The number of fused-ring (bicyclic) bond motifs is 1. The van der Waals surface area contributed by atoms with Crippen molar-refractivity contribution in [2.24, 2.45) is 0 Å². The maximum absolute atomic E-state index is 12.7. The number of aromatic nitrogens is 1. The monoisotopic (exact) mass is 355 g/mol. The molecule has 1 saturated heterocycles. The van der Waals surface area contributed by atoms with Gasteiger partial charge in [0.05, 0.1) is 10.7 Å². The molecule has 0 aliphatic carbocycles. The van der Waals surface area contributed by atoms with E-state index < -0.39 is 11.9 Å². The number of pyridine rings is 1. The summed E-state index contributed by atoms with van der Waals surface area (Å²) in [7, 11) is 0.